The van der Waals surface area contributed by atoms with Crippen molar-refractivity contribution in [2.45, 2.75) is 0 Å². The molecule has 0 spiro atoms. The topological polar surface area (TPSA) is 46.5 Å². The van der Waals surface area contributed by atoms with Crippen molar-refractivity contribution in [3.63, 3.8) is 0 Å². The van der Waals surface area contributed by atoms with Crippen LogP contribution in [0.1, 0.15) is 10.4 Å². The Morgan fingerprint density at radius 3 is 2.63 bits per heavy atom. The molecule has 0 saturated carbocycles. The lowest BCUT2D eigenvalue weighted by atomic mass is 10.2. The predicted molar refractivity (Wildman–Crippen MR) is 72.6 cm³/mol. The first kappa shape index (κ1) is 13.8. The van der Waals surface area contributed by atoms with E-state index in [1.54, 1.807) is 18.2 Å². The van der Waals surface area contributed by atoms with E-state index in [0.717, 1.165) is 10.5 Å². The number of aromatic carboxylic acids is 1. The maximum Gasteiger partial charge on any atom is 0.342 e. The molecule has 0 bridgehead atoms. The molecule has 0 aromatic heterocycles. The van der Waals surface area contributed by atoms with Crippen LogP contribution < -0.4 is 4.74 Å². The van der Waals surface area contributed by atoms with Crippen molar-refractivity contribution in [1.82, 2.24) is 0 Å². The lowest BCUT2D eigenvalue weighted by Crippen LogP contribution is -2.03. The van der Waals surface area contributed by atoms with E-state index in [9.17, 15) is 9.18 Å². The van der Waals surface area contributed by atoms with Crippen LogP contribution in [-0.4, -0.2) is 11.1 Å². The van der Waals surface area contributed by atoms with Gasteiger partial charge in [-0.3, -0.25) is 0 Å². The van der Waals surface area contributed by atoms with E-state index in [4.69, 9.17) is 21.4 Å². The zero-order valence-corrected chi connectivity index (χ0v) is 11.7. The summed E-state index contributed by atoms with van der Waals surface area (Å²) in [7, 11) is 0. The minimum Gasteiger partial charge on any atom is -0.477 e. The summed E-state index contributed by atoms with van der Waals surface area (Å²) in [6.45, 7) is 0. The molecule has 2 rings (SSSR count). The Balaban J connectivity index is 2.44. The molecule has 0 fully saturated rings. The van der Waals surface area contributed by atoms with Gasteiger partial charge < -0.3 is 9.84 Å². The van der Waals surface area contributed by atoms with Crippen LogP contribution in [0.5, 0.6) is 11.5 Å². The van der Waals surface area contributed by atoms with Gasteiger partial charge in [0.05, 0.1) is 5.02 Å². The van der Waals surface area contributed by atoms with Crippen LogP contribution in [0, 0.1) is 5.82 Å². The molecular weight excluding hydrogens is 338 g/mol. The summed E-state index contributed by atoms with van der Waals surface area (Å²) in [5, 5.41) is 9.26. The largest absolute Gasteiger partial charge is 0.477 e. The molecule has 0 atom stereocenters. The molecule has 98 valence electrons. The van der Waals surface area contributed by atoms with Crippen molar-refractivity contribution in [2.75, 3.05) is 0 Å². The quantitative estimate of drug-likeness (QED) is 0.874. The summed E-state index contributed by atoms with van der Waals surface area (Å²) in [5.74, 6) is -2.12. The van der Waals surface area contributed by atoms with Crippen LogP contribution in [0.3, 0.4) is 0 Å². The monoisotopic (exact) mass is 344 g/mol. The highest BCUT2D eigenvalue weighted by atomic mass is 79.9. The van der Waals surface area contributed by atoms with Gasteiger partial charge in [-0.1, -0.05) is 33.6 Å². The highest BCUT2D eigenvalue weighted by Crippen LogP contribution is 2.33. The normalized spacial score (nSPS) is 10.3. The first-order chi connectivity index (χ1) is 8.99. The molecule has 0 aliphatic carbocycles. The number of rotatable bonds is 3. The molecule has 0 saturated heterocycles. The highest BCUT2D eigenvalue weighted by molar-refractivity contribution is 9.10. The van der Waals surface area contributed by atoms with E-state index in [1.165, 1.54) is 12.1 Å². The zero-order chi connectivity index (χ0) is 14.0. The Morgan fingerprint density at radius 2 is 2.00 bits per heavy atom. The van der Waals surface area contributed by atoms with E-state index in [0.29, 0.717) is 0 Å². The van der Waals surface area contributed by atoms with E-state index in [1.807, 2.05) is 0 Å². The molecule has 3 nitrogen and oxygen atoms in total. The van der Waals surface area contributed by atoms with E-state index >= 15 is 0 Å². The second kappa shape index (κ2) is 5.59. The van der Waals surface area contributed by atoms with Crippen LogP contribution in [-0.2, 0) is 0 Å². The summed E-state index contributed by atoms with van der Waals surface area (Å²) < 4.78 is 19.6. The fraction of sp³-hybridized carbons (Fsp3) is 0. The van der Waals surface area contributed by atoms with Crippen LogP contribution in [0.2, 0.25) is 5.02 Å². The van der Waals surface area contributed by atoms with Gasteiger partial charge in [0.2, 0.25) is 0 Å². The van der Waals surface area contributed by atoms with Gasteiger partial charge in [0.1, 0.15) is 22.9 Å². The van der Waals surface area contributed by atoms with Crippen molar-refractivity contribution < 1.29 is 19.0 Å². The van der Waals surface area contributed by atoms with Gasteiger partial charge in [0, 0.05) is 4.47 Å². The minimum atomic E-state index is -1.40. The lowest BCUT2D eigenvalue weighted by Gasteiger charge is -2.10. The minimum absolute atomic E-state index is 0.100. The van der Waals surface area contributed by atoms with Crippen LogP contribution in [0.25, 0.3) is 0 Å². The summed E-state index contributed by atoms with van der Waals surface area (Å²) in [4.78, 5) is 11.0. The molecule has 6 heteroatoms. The van der Waals surface area contributed by atoms with Gasteiger partial charge in [-0.15, -0.1) is 0 Å². The van der Waals surface area contributed by atoms with Gasteiger partial charge in [-0.25, -0.2) is 9.18 Å². The average molecular weight is 346 g/mol. The predicted octanol–water partition coefficient (Wildman–Crippen LogP) is 4.73. The molecule has 0 heterocycles. The third-order valence-electron chi connectivity index (χ3n) is 2.30. The maximum absolute atomic E-state index is 13.5. The number of halogens is 3. The molecule has 0 aliphatic heterocycles. The molecule has 0 aliphatic rings. The van der Waals surface area contributed by atoms with E-state index in [2.05, 4.69) is 15.9 Å². The molecule has 0 unspecified atom stereocenters. The molecule has 0 radical (unpaired) electrons. The number of carboxylic acid groups (broad SMARTS) is 1. The Bertz CT molecular complexity index is 646. The molecule has 0 amide bonds. The smallest absolute Gasteiger partial charge is 0.342 e. The van der Waals surface area contributed by atoms with Gasteiger partial charge >= 0.3 is 5.97 Å². The van der Waals surface area contributed by atoms with Crippen molar-refractivity contribution in [1.29, 1.82) is 0 Å². The van der Waals surface area contributed by atoms with Crippen LogP contribution >= 0.6 is 27.5 Å². The Kier molecular flexibility index (Phi) is 4.07. The highest BCUT2D eigenvalue weighted by Gasteiger charge is 2.18. The summed E-state index contributed by atoms with van der Waals surface area (Å²) in [5.41, 5.74) is -0.526. The van der Waals surface area contributed by atoms with Crippen molar-refractivity contribution in [2.24, 2.45) is 0 Å². The number of benzene rings is 2. The van der Waals surface area contributed by atoms with Crippen LogP contribution in [0.4, 0.5) is 4.39 Å². The first-order valence-electron chi connectivity index (χ1n) is 5.13. The second-order valence-electron chi connectivity index (χ2n) is 3.59. The van der Waals surface area contributed by atoms with Crippen molar-refractivity contribution >= 4 is 33.5 Å². The van der Waals surface area contributed by atoms with E-state index < -0.39 is 17.3 Å². The van der Waals surface area contributed by atoms with Gasteiger partial charge in [-0.05, 0) is 30.3 Å². The number of ether oxygens (including phenoxy) is 1. The molecule has 2 aromatic rings. The van der Waals surface area contributed by atoms with Gasteiger partial charge in [-0.2, -0.15) is 0 Å². The third kappa shape index (κ3) is 3.05. The molecular formula is C13H7BrClFO3. The average Bonchev–Trinajstić information content (AvgIpc) is 2.32. The Morgan fingerprint density at radius 1 is 1.26 bits per heavy atom. The Labute approximate surface area is 121 Å². The van der Waals surface area contributed by atoms with Gasteiger partial charge in [0.25, 0.3) is 0 Å². The summed E-state index contributed by atoms with van der Waals surface area (Å²) in [6.07, 6.45) is 0. The number of carboxylic acids is 1. The standard InChI is InChI=1S/C13H7BrClFO3/c14-7-4-5-10(8(15)6-7)19-11-3-1-2-9(16)12(11)13(17)18/h1-6H,(H,17,18). The number of hydrogen-bond acceptors (Lipinski definition) is 2. The van der Waals surface area contributed by atoms with Crippen molar-refractivity contribution in [3.05, 3.63) is 57.3 Å². The zero-order valence-electron chi connectivity index (χ0n) is 9.36. The lowest BCUT2D eigenvalue weighted by molar-refractivity contribution is 0.0689. The fourth-order valence-electron chi connectivity index (χ4n) is 1.47. The fourth-order valence-corrected chi connectivity index (χ4v) is 2.19. The maximum atomic E-state index is 13.5. The molecule has 1 N–H and O–H groups in total. The summed E-state index contributed by atoms with van der Waals surface area (Å²) in [6, 6.07) is 8.62. The SMILES string of the molecule is O=C(O)c1c(F)cccc1Oc1ccc(Br)cc1Cl. The third-order valence-corrected chi connectivity index (χ3v) is 3.09. The number of carbonyl (C=O) groups is 1. The second-order valence-corrected chi connectivity index (χ2v) is 4.92. The van der Waals surface area contributed by atoms with Crippen molar-refractivity contribution in [3.8, 4) is 11.5 Å². The van der Waals surface area contributed by atoms with E-state index in [-0.39, 0.29) is 16.5 Å². The Hall–Kier alpha value is -1.59. The molecule has 19 heavy (non-hydrogen) atoms. The van der Waals surface area contributed by atoms with Crippen LogP contribution in [0.15, 0.2) is 40.9 Å². The van der Waals surface area contributed by atoms with Gasteiger partial charge in [0.15, 0.2) is 0 Å². The number of hydrogen-bond donors (Lipinski definition) is 1. The first-order valence-corrected chi connectivity index (χ1v) is 6.31. The summed E-state index contributed by atoms with van der Waals surface area (Å²) >= 11 is 9.19. The molecule has 2 aromatic carbocycles.